The molecule has 56 heavy (non-hydrogen) atoms. The van der Waals surface area contributed by atoms with Gasteiger partial charge in [-0.25, -0.2) is 9.98 Å². The first-order chi connectivity index (χ1) is 27.6. The molecule has 0 amide bonds. The van der Waals surface area contributed by atoms with E-state index in [1.165, 1.54) is 43.8 Å². The molecular weight excluding hydrogens is 685 g/mol. The van der Waals surface area contributed by atoms with Gasteiger partial charge >= 0.3 is 0 Å². The maximum Gasteiger partial charge on any atom is 0.162 e. The van der Waals surface area contributed by atoms with Gasteiger partial charge in [-0.1, -0.05) is 133 Å². The monoisotopic (exact) mass is 720 g/mol. The lowest BCUT2D eigenvalue weighted by atomic mass is 9.92. The van der Waals surface area contributed by atoms with Crippen LogP contribution in [0.15, 0.2) is 184 Å². The fraction of sp³-hybridized carbons (Fsp3) is 0.0588. The summed E-state index contributed by atoms with van der Waals surface area (Å²) in [4.78, 5) is 11.0. The van der Waals surface area contributed by atoms with Crippen LogP contribution in [0.5, 0.6) is 0 Å². The molecule has 11 rings (SSSR count). The standard InChI is InChI=1S/C51H36N4O/c1-31-15-6-9-20-36(31)37-23-14-24-38(32(37)2)50-52-49(33-16-4-3-5-17-33)53-51(54-50)48-43(27-28-46-47(48)40-22-11-13-26-45(40)56-46)55-42-25-12-10-21-39(42)41-29-34-18-7-8-19-35(34)30-44(41)55/h3-30,50H,1-2H3,(H,52,53,54). The molecular formula is C51H36N4O. The van der Waals surface area contributed by atoms with Crippen molar-refractivity contribution in [3.05, 3.63) is 198 Å². The number of aromatic nitrogens is 1. The van der Waals surface area contributed by atoms with E-state index in [4.69, 9.17) is 14.4 Å². The number of nitrogens with zero attached hydrogens (tertiary/aromatic N) is 3. The summed E-state index contributed by atoms with van der Waals surface area (Å²) in [6.45, 7) is 4.38. The summed E-state index contributed by atoms with van der Waals surface area (Å²) in [6.07, 6.45) is -0.412. The fourth-order valence-corrected chi connectivity index (χ4v) is 8.71. The topological polar surface area (TPSA) is 54.8 Å². The maximum atomic E-state index is 6.58. The van der Waals surface area contributed by atoms with Gasteiger partial charge in [-0.05, 0) is 88.8 Å². The first kappa shape index (κ1) is 32.2. The van der Waals surface area contributed by atoms with Crippen LogP contribution in [-0.2, 0) is 0 Å². The predicted molar refractivity (Wildman–Crippen MR) is 232 cm³/mol. The molecule has 1 unspecified atom stereocenters. The molecule has 8 aromatic carbocycles. The van der Waals surface area contributed by atoms with Crippen molar-refractivity contribution in [2.45, 2.75) is 20.0 Å². The first-order valence-corrected chi connectivity index (χ1v) is 19.1. The quantitative estimate of drug-likeness (QED) is 0.192. The molecule has 5 nitrogen and oxygen atoms in total. The largest absolute Gasteiger partial charge is 0.456 e. The molecule has 1 aliphatic rings. The number of aryl methyl sites for hydroxylation is 1. The number of hydrogen-bond acceptors (Lipinski definition) is 4. The Morgan fingerprint density at radius 1 is 0.571 bits per heavy atom. The summed E-state index contributed by atoms with van der Waals surface area (Å²) >= 11 is 0. The number of amidine groups is 2. The number of benzene rings is 8. The van der Waals surface area contributed by atoms with Crippen molar-refractivity contribution >= 4 is 66.2 Å². The van der Waals surface area contributed by atoms with Crippen molar-refractivity contribution in [1.29, 1.82) is 0 Å². The van der Waals surface area contributed by atoms with Gasteiger partial charge in [0, 0.05) is 27.1 Å². The third kappa shape index (κ3) is 5.01. The number of furan rings is 1. The molecule has 2 aromatic heterocycles. The molecule has 0 saturated carbocycles. The van der Waals surface area contributed by atoms with Crippen molar-refractivity contribution in [2.24, 2.45) is 9.98 Å². The van der Waals surface area contributed by atoms with Crippen LogP contribution < -0.4 is 5.32 Å². The molecule has 0 aliphatic carbocycles. The molecule has 0 saturated heterocycles. The summed E-state index contributed by atoms with van der Waals surface area (Å²) in [5.74, 6) is 1.41. The molecule has 10 aromatic rings. The highest BCUT2D eigenvalue weighted by Gasteiger charge is 2.28. The zero-order chi connectivity index (χ0) is 37.3. The van der Waals surface area contributed by atoms with Crippen molar-refractivity contribution in [2.75, 3.05) is 0 Å². The van der Waals surface area contributed by atoms with Crippen LogP contribution in [0.3, 0.4) is 0 Å². The number of nitrogens with one attached hydrogen (secondary N) is 1. The summed E-state index contributed by atoms with van der Waals surface area (Å²) in [5, 5.41) is 10.6. The molecule has 266 valence electrons. The molecule has 1 atom stereocenters. The van der Waals surface area contributed by atoms with Gasteiger partial charge in [0.25, 0.3) is 0 Å². The summed E-state index contributed by atoms with van der Waals surface area (Å²) < 4.78 is 8.98. The lowest BCUT2D eigenvalue weighted by Crippen LogP contribution is -2.34. The Morgan fingerprint density at radius 3 is 2.14 bits per heavy atom. The van der Waals surface area contributed by atoms with Gasteiger partial charge in [-0.15, -0.1) is 0 Å². The van der Waals surface area contributed by atoms with E-state index >= 15 is 0 Å². The van der Waals surface area contributed by atoms with E-state index in [-0.39, 0.29) is 0 Å². The molecule has 0 fully saturated rings. The first-order valence-electron chi connectivity index (χ1n) is 19.1. The third-order valence-electron chi connectivity index (χ3n) is 11.4. The summed E-state index contributed by atoms with van der Waals surface area (Å²) in [7, 11) is 0. The SMILES string of the molecule is Cc1ccccc1-c1cccc(C2N=C(c3c(-n4c5ccccc5c5cc6ccccc6cc54)ccc4oc5ccccc5c34)N=C(c3ccccc3)N2)c1C. The molecule has 0 bridgehead atoms. The predicted octanol–water partition coefficient (Wildman–Crippen LogP) is 12.6. The zero-order valence-electron chi connectivity index (χ0n) is 31.0. The second kappa shape index (κ2) is 12.7. The number of rotatable bonds is 5. The van der Waals surface area contributed by atoms with E-state index in [0.717, 1.165) is 61.2 Å². The van der Waals surface area contributed by atoms with Crippen LogP contribution >= 0.6 is 0 Å². The average molecular weight is 721 g/mol. The highest BCUT2D eigenvalue weighted by atomic mass is 16.3. The Balaban J connectivity index is 1.24. The van der Waals surface area contributed by atoms with E-state index in [9.17, 15) is 0 Å². The summed E-state index contributed by atoms with van der Waals surface area (Å²) in [6, 6.07) is 60.0. The molecule has 3 heterocycles. The molecule has 0 radical (unpaired) electrons. The molecule has 1 N–H and O–H groups in total. The maximum absolute atomic E-state index is 6.58. The minimum atomic E-state index is -0.412. The second-order valence-corrected chi connectivity index (χ2v) is 14.7. The van der Waals surface area contributed by atoms with Crippen molar-refractivity contribution < 1.29 is 4.42 Å². The van der Waals surface area contributed by atoms with Gasteiger partial charge in [0.05, 0.1) is 22.3 Å². The van der Waals surface area contributed by atoms with Crippen LogP contribution in [0.4, 0.5) is 0 Å². The Hall–Kier alpha value is -7.24. The third-order valence-corrected chi connectivity index (χ3v) is 11.4. The van der Waals surface area contributed by atoms with Crippen LogP contribution in [0.2, 0.25) is 0 Å². The van der Waals surface area contributed by atoms with E-state index in [2.05, 4.69) is 175 Å². The van der Waals surface area contributed by atoms with Gasteiger partial charge in [-0.3, -0.25) is 0 Å². The van der Waals surface area contributed by atoms with E-state index in [1.54, 1.807) is 0 Å². The lowest BCUT2D eigenvalue weighted by Gasteiger charge is -2.27. The summed E-state index contributed by atoms with van der Waals surface area (Å²) in [5.41, 5.74) is 12.7. The van der Waals surface area contributed by atoms with Gasteiger partial charge in [0.15, 0.2) is 5.84 Å². The number of aliphatic imine (C=N–C) groups is 2. The Labute approximate surface area is 323 Å². The highest BCUT2D eigenvalue weighted by Crippen LogP contribution is 2.41. The van der Waals surface area contributed by atoms with Crippen LogP contribution in [0.25, 0.3) is 71.3 Å². The fourth-order valence-electron chi connectivity index (χ4n) is 8.71. The van der Waals surface area contributed by atoms with Crippen molar-refractivity contribution in [1.82, 2.24) is 9.88 Å². The van der Waals surface area contributed by atoms with Gasteiger partial charge < -0.3 is 14.3 Å². The molecule has 0 spiro atoms. The van der Waals surface area contributed by atoms with Crippen LogP contribution in [0, 0.1) is 13.8 Å². The van der Waals surface area contributed by atoms with Crippen molar-refractivity contribution in [3.63, 3.8) is 0 Å². The van der Waals surface area contributed by atoms with Crippen molar-refractivity contribution in [3.8, 4) is 16.8 Å². The molecule has 5 heteroatoms. The zero-order valence-corrected chi connectivity index (χ0v) is 31.0. The second-order valence-electron chi connectivity index (χ2n) is 14.7. The minimum absolute atomic E-state index is 0.412. The normalized spacial score (nSPS) is 14.4. The number of para-hydroxylation sites is 2. The van der Waals surface area contributed by atoms with E-state index in [0.29, 0.717) is 5.84 Å². The van der Waals surface area contributed by atoms with Gasteiger partial charge in [0.2, 0.25) is 0 Å². The highest BCUT2D eigenvalue weighted by molar-refractivity contribution is 6.24. The number of hydrogen-bond donors (Lipinski definition) is 1. The van der Waals surface area contributed by atoms with Gasteiger partial charge in [-0.2, -0.15) is 0 Å². The number of fused-ring (bicyclic) bond motifs is 7. The van der Waals surface area contributed by atoms with E-state index in [1.807, 2.05) is 18.2 Å². The minimum Gasteiger partial charge on any atom is -0.456 e. The lowest BCUT2D eigenvalue weighted by molar-refractivity contribution is 0.667. The van der Waals surface area contributed by atoms with Crippen LogP contribution in [0.1, 0.15) is 34.0 Å². The van der Waals surface area contributed by atoms with E-state index < -0.39 is 6.17 Å². The van der Waals surface area contributed by atoms with Crippen LogP contribution in [-0.4, -0.2) is 16.2 Å². The Morgan fingerprint density at radius 2 is 1.29 bits per heavy atom. The Kier molecular flexibility index (Phi) is 7.29. The smallest absolute Gasteiger partial charge is 0.162 e. The average Bonchev–Trinajstić information content (AvgIpc) is 3.78. The van der Waals surface area contributed by atoms with Gasteiger partial charge in [0.1, 0.15) is 23.2 Å². The molecule has 1 aliphatic heterocycles. The Bertz CT molecular complexity index is 3260.